The molecule has 11 heteroatoms. The number of carbonyl (C=O) groups is 3. The highest BCUT2D eigenvalue weighted by molar-refractivity contribution is 7.58. The number of carboxylic acids is 1. The summed E-state index contributed by atoms with van der Waals surface area (Å²) in [6.45, 7) is 12.1. The molecule has 1 amide bonds. The molecule has 0 aromatic rings. The van der Waals surface area contributed by atoms with Crippen molar-refractivity contribution in [3.63, 3.8) is 0 Å². The van der Waals surface area contributed by atoms with E-state index in [-0.39, 0.29) is 25.5 Å². The van der Waals surface area contributed by atoms with Gasteiger partial charge in [0.15, 0.2) is 6.10 Å². The van der Waals surface area contributed by atoms with Crippen LogP contribution in [0.1, 0.15) is 54.9 Å². The predicted octanol–water partition coefficient (Wildman–Crippen LogP) is 1.64. The van der Waals surface area contributed by atoms with Crippen molar-refractivity contribution >= 4 is 25.9 Å². The van der Waals surface area contributed by atoms with Gasteiger partial charge in [-0.1, -0.05) is 27.7 Å². The van der Waals surface area contributed by atoms with E-state index in [1.54, 1.807) is 48.5 Å². The van der Waals surface area contributed by atoms with Gasteiger partial charge < -0.3 is 15.2 Å². The Labute approximate surface area is 172 Å². The molecule has 1 saturated heterocycles. The summed E-state index contributed by atoms with van der Waals surface area (Å²) >= 11 is 0. The molecule has 1 fully saturated rings. The molecule has 1 aliphatic rings. The zero-order chi connectivity index (χ0) is 22.6. The van der Waals surface area contributed by atoms with Crippen LogP contribution in [0.5, 0.6) is 0 Å². The molecule has 4 N–H and O–H groups in total. The van der Waals surface area contributed by atoms with Crippen molar-refractivity contribution < 1.29 is 38.2 Å². The Morgan fingerprint density at radius 1 is 1.28 bits per heavy atom. The molecule has 0 saturated carbocycles. The third-order valence-electron chi connectivity index (χ3n) is 4.09. The molecule has 168 valence electrons. The Morgan fingerprint density at radius 2 is 1.86 bits per heavy atom. The predicted molar refractivity (Wildman–Crippen MR) is 107 cm³/mol. The maximum absolute atomic E-state index is 12.6. The molecule has 10 nitrogen and oxygen atoms in total. The Hall–Kier alpha value is -1.32. The lowest BCUT2D eigenvalue weighted by Crippen LogP contribution is -2.53. The van der Waals surface area contributed by atoms with Crippen molar-refractivity contribution in [1.29, 1.82) is 0 Å². The van der Waals surface area contributed by atoms with Crippen molar-refractivity contribution in [2.75, 3.05) is 13.2 Å². The van der Waals surface area contributed by atoms with Crippen LogP contribution >= 0.6 is 8.09 Å². The lowest BCUT2D eigenvalue weighted by atomic mass is 9.87. The number of carbonyl (C=O) groups excluding carboxylic acids is 2. The molecule has 0 bridgehead atoms. The molecular formula is C18H34N2O8P+. The molecule has 0 aromatic carbocycles. The number of hydrogen-bond acceptors (Lipinski definition) is 8. The summed E-state index contributed by atoms with van der Waals surface area (Å²) in [5.74, 6) is -2.49. The van der Waals surface area contributed by atoms with Crippen molar-refractivity contribution in [3.8, 4) is 0 Å². The summed E-state index contributed by atoms with van der Waals surface area (Å²) in [7, 11) is -3.78. The van der Waals surface area contributed by atoms with E-state index in [1.807, 2.05) is 0 Å². The van der Waals surface area contributed by atoms with Gasteiger partial charge in [-0.2, -0.15) is 9.42 Å². The van der Waals surface area contributed by atoms with Crippen molar-refractivity contribution in [2.45, 2.75) is 72.6 Å². The second kappa shape index (κ2) is 9.66. The Balaban J connectivity index is 2.75. The van der Waals surface area contributed by atoms with E-state index in [1.165, 1.54) is 0 Å². The number of hydrogen-bond donors (Lipinski definition) is 4. The fourth-order valence-electron chi connectivity index (χ4n) is 2.55. The highest BCUT2D eigenvalue weighted by Crippen LogP contribution is 2.60. The molecular weight excluding hydrogens is 403 g/mol. The number of aliphatic carboxylic acids is 1. The van der Waals surface area contributed by atoms with Gasteiger partial charge in [-0.15, -0.1) is 9.61 Å². The van der Waals surface area contributed by atoms with E-state index >= 15 is 0 Å². The lowest BCUT2D eigenvalue weighted by Gasteiger charge is -2.38. The first kappa shape index (κ1) is 25.7. The Morgan fingerprint density at radius 3 is 2.34 bits per heavy atom. The normalized spacial score (nSPS) is 25.3. The molecule has 0 aromatic heterocycles. The summed E-state index contributed by atoms with van der Waals surface area (Å²) in [6, 6.07) is -1.11. The average molecular weight is 437 g/mol. The molecule has 0 aliphatic carbocycles. The third kappa shape index (κ3) is 8.14. The van der Waals surface area contributed by atoms with E-state index in [0.29, 0.717) is 0 Å². The van der Waals surface area contributed by atoms with E-state index in [9.17, 15) is 24.4 Å². The van der Waals surface area contributed by atoms with Crippen LogP contribution in [0.3, 0.4) is 0 Å². The molecule has 3 atom stereocenters. The molecule has 0 radical (unpaired) electrons. The van der Waals surface area contributed by atoms with Gasteiger partial charge in [-0.25, -0.2) is 0 Å². The first-order valence-corrected chi connectivity index (χ1v) is 11.1. The zero-order valence-electron chi connectivity index (χ0n) is 18.1. The summed E-state index contributed by atoms with van der Waals surface area (Å²) < 4.78 is 16.2. The Bertz CT molecular complexity index is 619. The van der Waals surface area contributed by atoms with Gasteiger partial charge in [0, 0.05) is 12.0 Å². The van der Waals surface area contributed by atoms with Crippen LogP contribution in [-0.2, 0) is 28.2 Å². The van der Waals surface area contributed by atoms with Crippen LogP contribution in [0, 0.1) is 11.3 Å². The SMILES string of the molecule is CC(C)[C@H](N[P+]1(O)OCC(C)(C)[C@H](C(=O)NCCC(=O)OC(C)(C)C)O1)C(=O)O. The van der Waals surface area contributed by atoms with Crippen molar-refractivity contribution in [3.05, 3.63) is 0 Å². The standard InChI is InChI=1S/C18H33N2O8P/c1-11(2)13(16(23)24)20-29(25)26-10-18(6,7)14(28-29)15(22)19-9-8-12(21)27-17(3,4)5/h11,13-14,20,25H,8-10H2,1-7H3,(H-,19,22,23,24)/p+1/t13-,14-,29?/m0/s1. The first-order chi connectivity index (χ1) is 13.1. The minimum Gasteiger partial charge on any atom is -0.480 e. The average Bonchev–Trinajstić information content (AvgIpc) is 2.53. The van der Waals surface area contributed by atoms with Crippen LogP contribution in [-0.4, -0.2) is 58.7 Å². The van der Waals surface area contributed by atoms with Gasteiger partial charge in [-0.3, -0.25) is 14.4 Å². The van der Waals surface area contributed by atoms with Gasteiger partial charge in [0.05, 0.1) is 6.42 Å². The third-order valence-corrected chi connectivity index (χ3v) is 5.67. The molecule has 0 spiro atoms. The van der Waals surface area contributed by atoms with Gasteiger partial charge in [0.2, 0.25) is 0 Å². The number of esters is 1. The minimum atomic E-state index is -3.78. The largest absolute Gasteiger partial charge is 0.500 e. The minimum absolute atomic E-state index is 0.0150. The van der Waals surface area contributed by atoms with E-state index in [4.69, 9.17) is 13.8 Å². The quantitative estimate of drug-likeness (QED) is 0.329. The summed E-state index contributed by atoms with van der Waals surface area (Å²) in [4.78, 5) is 46.5. The van der Waals surface area contributed by atoms with Gasteiger partial charge in [0.1, 0.15) is 18.2 Å². The van der Waals surface area contributed by atoms with Gasteiger partial charge in [-0.05, 0) is 26.7 Å². The zero-order valence-corrected chi connectivity index (χ0v) is 19.0. The summed E-state index contributed by atoms with van der Waals surface area (Å²) in [5.41, 5.74) is -1.39. The van der Waals surface area contributed by atoms with Crippen molar-refractivity contribution in [1.82, 2.24) is 10.4 Å². The molecule has 29 heavy (non-hydrogen) atoms. The lowest BCUT2D eigenvalue weighted by molar-refractivity contribution is -0.154. The van der Waals surface area contributed by atoms with Gasteiger partial charge >= 0.3 is 20.0 Å². The van der Waals surface area contributed by atoms with Crippen LogP contribution < -0.4 is 10.4 Å². The highest BCUT2D eigenvalue weighted by Gasteiger charge is 2.59. The number of amides is 1. The van der Waals surface area contributed by atoms with E-state index < -0.39 is 49.1 Å². The number of ether oxygens (including phenoxy) is 1. The first-order valence-electron chi connectivity index (χ1n) is 9.51. The molecule has 1 unspecified atom stereocenters. The van der Waals surface area contributed by atoms with Crippen LogP contribution in [0.25, 0.3) is 0 Å². The molecule has 1 rings (SSSR count). The monoisotopic (exact) mass is 437 g/mol. The second-order valence-corrected chi connectivity index (χ2v) is 10.9. The van der Waals surface area contributed by atoms with E-state index in [0.717, 1.165) is 0 Å². The number of nitrogens with one attached hydrogen (secondary N) is 2. The summed E-state index contributed by atoms with van der Waals surface area (Å²) in [6.07, 6.45) is -1.11. The maximum Gasteiger partial charge on any atom is 0.500 e. The maximum atomic E-state index is 12.6. The topological polar surface area (TPSA) is 143 Å². The molecule has 1 heterocycles. The fraction of sp³-hybridized carbons (Fsp3) is 0.833. The van der Waals surface area contributed by atoms with Crippen molar-refractivity contribution in [2.24, 2.45) is 11.3 Å². The van der Waals surface area contributed by atoms with E-state index in [2.05, 4.69) is 10.4 Å². The smallest absolute Gasteiger partial charge is 0.480 e. The van der Waals surface area contributed by atoms with Crippen LogP contribution in [0.4, 0.5) is 0 Å². The van der Waals surface area contributed by atoms with Gasteiger partial charge in [0.25, 0.3) is 5.91 Å². The van der Waals surface area contributed by atoms with Crippen LogP contribution in [0.15, 0.2) is 0 Å². The van der Waals surface area contributed by atoms with Crippen LogP contribution in [0.2, 0.25) is 0 Å². The summed E-state index contributed by atoms with van der Waals surface area (Å²) in [5, 5.41) is 14.5. The highest BCUT2D eigenvalue weighted by atomic mass is 31.2. The Kier molecular flexibility index (Phi) is 8.57. The molecule has 1 aliphatic heterocycles. The second-order valence-electron chi connectivity index (χ2n) is 9.08. The fourth-order valence-corrected chi connectivity index (χ4v) is 4.69. The number of carboxylic acid groups (broad SMARTS) is 1. The number of rotatable bonds is 8.